The molecular weight excluding hydrogens is 232 g/mol. The minimum Gasteiger partial charge on any atom is -0.493 e. The van der Waals surface area contributed by atoms with E-state index in [1.807, 2.05) is 25.1 Å². The Bertz CT molecular complexity index is 443. The number of para-hydroxylation sites is 1. The van der Waals surface area contributed by atoms with Gasteiger partial charge >= 0.3 is 5.97 Å². The molecule has 0 saturated carbocycles. The first-order valence-electron chi connectivity index (χ1n) is 6.17. The van der Waals surface area contributed by atoms with Gasteiger partial charge in [-0.1, -0.05) is 25.1 Å². The topological polar surface area (TPSA) is 66.8 Å². The van der Waals surface area contributed by atoms with Crippen LogP contribution in [0.1, 0.15) is 25.3 Å². The lowest BCUT2D eigenvalue weighted by atomic mass is 9.70. The molecule has 0 aromatic heterocycles. The van der Waals surface area contributed by atoms with Crippen molar-refractivity contribution in [2.45, 2.75) is 25.2 Å². The summed E-state index contributed by atoms with van der Waals surface area (Å²) in [4.78, 5) is 11.8. The fraction of sp³-hybridized carbons (Fsp3) is 0.500. The SMILES string of the molecule is CC(CO)CC1(C(=O)O)CCOc2ccccc21. The van der Waals surface area contributed by atoms with Crippen LogP contribution in [0.2, 0.25) is 0 Å². The third kappa shape index (κ3) is 2.08. The average molecular weight is 250 g/mol. The fourth-order valence-corrected chi connectivity index (χ4v) is 2.64. The normalized spacial score (nSPS) is 23.9. The van der Waals surface area contributed by atoms with Crippen molar-refractivity contribution in [3.05, 3.63) is 29.8 Å². The summed E-state index contributed by atoms with van der Waals surface area (Å²) in [5.74, 6) is -0.234. The Morgan fingerprint density at radius 2 is 2.22 bits per heavy atom. The average Bonchev–Trinajstić information content (AvgIpc) is 2.38. The molecule has 1 aromatic carbocycles. The molecule has 0 spiro atoms. The van der Waals surface area contributed by atoms with Crippen molar-refractivity contribution in [3.8, 4) is 5.75 Å². The maximum absolute atomic E-state index is 11.8. The van der Waals surface area contributed by atoms with Gasteiger partial charge in [0.15, 0.2) is 0 Å². The third-order valence-electron chi connectivity index (χ3n) is 3.61. The van der Waals surface area contributed by atoms with Crippen LogP contribution in [-0.4, -0.2) is 29.4 Å². The first-order valence-corrected chi connectivity index (χ1v) is 6.17. The van der Waals surface area contributed by atoms with Crippen LogP contribution >= 0.6 is 0 Å². The summed E-state index contributed by atoms with van der Waals surface area (Å²) in [5, 5.41) is 18.8. The van der Waals surface area contributed by atoms with Gasteiger partial charge in [-0.05, 0) is 18.4 Å². The lowest BCUT2D eigenvalue weighted by Gasteiger charge is -2.36. The Hall–Kier alpha value is -1.55. The van der Waals surface area contributed by atoms with Crippen molar-refractivity contribution >= 4 is 5.97 Å². The zero-order chi connectivity index (χ0) is 13.2. The van der Waals surface area contributed by atoms with E-state index in [0.29, 0.717) is 25.2 Å². The van der Waals surface area contributed by atoms with Gasteiger partial charge in [-0.3, -0.25) is 4.79 Å². The summed E-state index contributed by atoms with van der Waals surface area (Å²) in [6.07, 6.45) is 0.878. The highest BCUT2D eigenvalue weighted by Gasteiger charge is 2.45. The van der Waals surface area contributed by atoms with E-state index in [1.54, 1.807) is 6.07 Å². The second kappa shape index (κ2) is 4.98. The van der Waals surface area contributed by atoms with Crippen molar-refractivity contribution in [2.24, 2.45) is 5.92 Å². The van der Waals surface area contributed by atoms with Crippen molar-refractivity contribution in [3.63, 3.8) is 0 Å². The number of hydrogen-bond acceptors (Lipinski definition) is 3. The standard InChI is InChI=1S/C14H18O4/c1-10(9-15)8-14(13(16)17)6-7-18-12-5-3-2-4-11(12)14/h2-5,10,15H,6-9H2,1H3,(H,16,17). The molecule has 2 N–H and O–H groups in total. The highest BCUT2D eigenvalue weighted by atomic mass is 16.5. The van der Waals surface area contributed by atoms with E-state index in [1.165, 1.54) is 0 Å². The number of aliphatic carboxylic acids is 1. The monoisotopic (exact) mass is 250 g/mol. The van der Waals surface area contributed by atoms with E-state index in [9.17, 15) is 15.0 Å². The lowest BCUT2D eigenvalue weighted by Crippen LogP contribution is -2.42. The number of hydrogen-bond donors (Lipinski definition) is 2. The van der Waals surface area contributed by atoms with E-state index in [-0.39, 0.29) is 12.5 Å². The van der Waals surface area contributed by atoms with Gasteiger partial charge in [0.05, 0.1) is 12.0 Å². The lowest BCUT2D eigenvalue weighted by molar-refractivity contribution is -0.146. The number of carbonyl (C=O) groups is 1. The zero-order valence-corrected chi connectivity index (χ0v) is 10.4. The number of fused-ring (bicyclic) bond motifs is 1. The van der Waals surface area contributed by atoms with Gasteiger partial charge in [-0.15, -0.1) is 0 Å². The van der Waals surface area contributed by atoms with E-state index in [0.717, 1.165) is 5.56 Å². The number of rotatable bonds is 4. The minimum atomic E-state index is -0.934. The predicted molar refractivity (Wildman–Crippen MR) is 66.7 cm³/mol. The summed E-state index contributed by atoms with van der Waals surface area (Å²) in [7, 11) is 0. The van der Waals surface area contributed by atoms with Gasteiger partial charge in [0.25, 0.3) is 0 Å². The van der Waals surface area contributed by atoms with Gasteiger partial charge < -0.3 is 14.9 Å². The number of benzene rings is 1. The number of ether oxygens (including phenoxy) is 1. The van der Waals surface area contributed by atoms with E-state index >= 15 is 0 Å². The molecule has 0 bridgehead atoms. The summed E-state index contributed by atoms with van der Waals surface area (Å²) in [6.45, 7) is 2.27. The summed E-state index contributed by atoms with van der Waals surface area (Å²) in [5.41, 5.74) is -0.208. The van der Waals surface area contributed by atoms with Crippen LogP contribution < -0.4 is 4.74 Å². The van der Waals surface area contributed by atoms with Crippen LogP contribution in [0.15, 0.2) is 24.3 Å². The van der Waals surface area contributed by atoms with Gasteiger partial charge in [0, 0.05) is 18.6 Å². The molecule has 2 atom stereocenters. The molecule has 2 rings (SSSR count). The van der Waals surface area contributed by atoms with Crippen LogP contribution in [0.3, 0.4) is 0 Å². The molecule has 0 fully saturated rings. The van der Waals surface area contributed by atoms with E-state index in [4.69, 9.17) is 4.74 Å². The quantitative estimate of drug-likeness (QED) is 0.855. The maximum atomic E-state index is 11.8. The van der Waals surface area contributed by atoms with Crippen LogP contribution in [0.5, 0.6) is 5.75 Å². The molecule has 0 saturated heterocycles. The van der Waals surface area contributed by atoms with E-state index < -0.39 is 11.4 Å². The Labute approximate surface area is 106 Å². The third-order valence-corrected chi connectivity index (χ3v) is 3.61. The second-order valence-electron chi connectivity index (χ2n) is 4.97. The molecule has 1 aromatic rings. The van der Waals surface area contributed by atoms with Crippen LogP contribution in [-0.2, 0) is 10.2 Å². The summed E-state index contributed by atoms with van der Waals surface area (Å²) >= 11 is 0. The molecule has 2 unspecified atom stereocenters. The molecule has 18 heavy (non-hydrogen) atoms. The Kier molecular flexibility index (Phi) is 3.57. The zero-order valence-electron chi connectivity index (χ0n) is 10.4. The molecule has 0 amide bonds. The largest absolute Gasteiger partial charge is 0.493 e. The molecule has 1 aliphatic rings. The van der Waals surface area contributed by atoms with Crippen LogP contribution in [0.25, 0.3) is 0 Å². The Balaban J connectivity index is 2.46. The Morgan fingerprint density at radius 1 is 1.50 bits per heavy atom. The van der Waals surface area contributed by atoms with Crippen LogP contribution in [0, 0.1) is 5.92 Å². The summed E-state index contributed by atoms with van der Waals surface area (Å²) < 4.78 is 5.52. The van der Waals surface area contributed by atoms with Crippen molar-refractivity contribution < 1.29 is 19.7 Å². The molecular formula is C14H18O4. The summed E-state index contributed by atoms with van der Waals surface area (Å²) in [6, 6.07) is 7.28. The molecule has 1 aliphatic heterocycles. The number of carboxylic acid groups (broad SMARTS) is 1. The highest BCUT2D eigenvalue weighted by Crippen LogP contribution is 2.43. The molecule has 98 valence electrons. The molecule has 1 heterocycles. The maximum Gasteiger partial charge on any atom is 0.314 e. The minimum absolute atomic E-state index is 0.00193. The second-order valence-corrected chi connectivity index (χ2v) is 4.97. The van der Waals surface area contributed by atoms with E-state index in [2.05, 4.69) is 0 Å². The molecule has 4 nitrogen and oxygen atoms in total. The Morgan fingerprint density at radius 3 is 2.89 bits per heavy atom. The number of carboxylic acids is 1. The van der Waals surface area contributed by atoms with Crippen molar-refractivity contribution in [1.82, 2.24) is 0 Å². The van der Waals surface area contributed by atoms with Gasteiger partial charge in [0.1, 0.15) is 5.75 Å². The first-order chi connectivity index (χ1) is 8.60. The van der Waals surface area contributed by atoms with Crippen molar-refractivity contribution in [1.29, 1.82) is 0 Å². The van der Waals surface area contributed by atoms with Gasteiger partial charge in [0.2, 0.25) is 0 Å². The van der Waals surface area contributed by atoms with Crippen molar-refractivity contribution in [2.75, 3.05) is 13.2 Å². The predicted octanol–water partition coefficient (Wildman–Crippen LogP) is 1.81. The first kappa shape index (κ1) is 12.9. The number of aliphatic hydroxyl groups is 1. The van der Waals surface area contributed by atoms with Gasteiger partial charge in [-0.2, -0.15) is 0 Å². The molecule has 0 radical (unpaired) electrons. The fourth-order valence-electron chi connectivity index (χ4n) is 2.64. The van der Waals surface area contributed by atoms with Gasteiger partial charge in [-0.25, -0.2) is 0 Å². The smallest absolute Gasteiger partial charge is 0.314 e. The molecule has 4 heteroatoms. The molecule has 0 aliphatic carbocycles. The van der Waals surface area contributed by atoms with Crippen LogP contribution in [0.4, 0.5) is 0 Å². The highest BCUT2D eigenvalue weighted by molar-refractivity contribution is 5.83. The number of aliphatic hydroxyl groups excluding tert-OH is 1.